The number of rotatable bonds is 1. The van der Waals surface area contributed by atoms with Crippen molar-refractivity contribution < 1.29 is 4.79 Å². The minimum absolute atomic E-state index is 0.208. The van der Waals surface area contributed by atoms with Gasteiger partial charge in [-0.1, -0.05) is 0 Å². The zero-order valence-electron chi connectivity index (χ0n) is 8.53. The Labute approximate surface area is 83.8 Å². The summed E-state index contributed by atoms with van der Waals surface area (Å²) in [5.41, 5.74) is 1.01. The van der Waals surface area contributed by atoms with E-state index in [-0.39, 0.29) is 5.91 Å². The number of carbonyl (C=O) groups excluding carboxylic acids is 1. The molecular weight excluding hydrogens is 178 g/mol. The fourth-order valence-electron chi connectivity index (χ4n) is 0.906. The Bertz CT molecular complexity index is 283. The molecule has 1 aromatic heterocycles. The van der Waals surface area contributed by atoms with Crippen molar-refractivity contribution in [1.82, 2.24) is 15.3 Å². The molecule has 14 heavy (non-hydrogen) atoms. The summed E-state index contributed by atoms with van der Waals surface area (Å²) in [6, 6.07) is 1.86. The molecule has 1 aliphatic carbocycles. The second kappa shape index (κ2) is 5.32. The molecule has 1 saturated carbocycles. The van der Waals surface area contributed by atoms with Crippen molar-refractivity contribution in [2.45, 2.75) is 19.8 Å². The van der Waals surface area contributed by atoms with Crippen LogP contribution in [0.3, 0.4) is 0 Å². The highest BCUT2D eigenvalue weighted by Crippen LogP contribution is 2.28. The van der Waals surface area contributed by atoms with Gasteiger partial charge in [-0.25, -0.2) is 9.97 Å². The van der Waals surface area contributed by atoms with Crippen LogP contribution in [0, 0.1) is 12.8 Å². The number of nitrogens with one attached hydrogen (secondary N) is 1. The van der Waals surface area contributed by atoms with Gasteiger partial charge in [0.2, 0.25) is 5.91 Å². The highest BCUT2D eigenvalue weighted by molar-refractivity contribution is 5.80. The summed E-state index contributed by atoms with van der Waals surface area (Å²) in [6.07, 6.45) is 5.46. The maximum atomic E-state index is 10.5. The van der Waals surface area contributed by atoms with Gasteiger partial charge in [-0.2, -0.15) is 0 Å². The average Bonchev–Trinajstić information content (AvgIpc) is 3.02. The van der Waals surface area contributed by atoms with Crippen molar-refractivity contribution in [3.63, 3.8) is 0 Å². The SMILES string of the molecule is CNC(=O)C1CC1.Cc1ccncn1. The maximum absolute atomic E-state index is 10.5. The van der Waals surface area contributed by atoms with Gasteiger partial charge < -0.3 is 5.32 Å². The summed E-state index contributed by atoms with van der Waals surface area (Å²) in [6.45, 7) is 1.93. The van der Waals surface area contributed by atoms with Crippen molar-refractivity contribution in [1.29, 1.82) is 0 Å². The van der Waals surface area contributed by atoms with E-state index in [4.69, 9.17) is 0 Å². The van der Waals surface area contributed by atoms with Crippen LogP contribution in [-0.4, -0.2) is 22.9 Å². The molecule has 0 bridgehead atoms. The summed E-state index contributed by atoms with van der Waals surface area (Å²) in [5, 5.41) is 2.59. The summed E-state index contributed by atoms with van der Waals surface area (Å²) >= 11 is 0. The van der Waals surface area contributed by atoms with Crippen LogP contribution in [0.25, 0.3) is 0 Å². The Morgan fingerprint density at radius 3 is 2.50 bits per heavy atom. The molecule has 4 heteroatoms. The van der Waals surface area contributed by atoms with Gasteiger partial charge in [-0.3, -0.25) is 4.79 Å². The van der Waals surface area contributed by atoms with E-state index >= 15 is 0 Å². The molecule has 0 atom stereocenters. The van der Waals surface area contributed by atoms with E-state index in [1.807, 2.05) is 13.0 Å². The number of amides is 1. The zero-order chi connectivity index (χ0) is 10.4. The number of hydrogen-bond donors (Lipinski definition) is 1. The Morgan fingerprint density at radius 2 is 2.29 bits per heavy atom. The molecule has 1 amide bonds. The molecule has 4 nitrogen and oxygen atoms in total. The Balaban J connectivity index is 0.000000140. The number of hydrogen-bond acceptors (Lipinski definition) is 3. The summed E-state index contributed by atoms with van der Waals surface area (Å²) in [7, 11) is 1.68. The summed E-state index contributed by atoms with van der Waals surface area (Å²) in [4.78, 5) is 18.1. The van der Waals surface area contributed by atoms with Crippen LogP contribution in [0.2, 0.25) is 0 Å². The van der Waals surface area contributed by atoms with E-state index in [9.17, 15) is 4.79 Å². The molecule has 0 aromatic carbocycles. The van der Waals surface area contributed by atoms with Gasteiger partial charge in [-0.15, -0.1) is 0 Å². The van der Waals surface area contributed by atoms with E-state index in [1.165, 1.54) is 6.33 Å². The number of aromatic nitrogens is 2. The fourth-order valence-corrected chi connectivity index (χ4v) is 0.906. The maximum Gasteiger partial charge on any atom is 0.222 e. The Morgan fingerprint density at radius 1 is 1.57 bits per heavy atom. The van der Waals surface area contributed by atoms with Crippen molar-refractivity contribution in [2.24, 2.45) is 5.92 Å². The van der Waals surface area contributed by atoms with Gasteiger partial charge in [0.25, 0.3) is 0 Å². The number of carbonyl (C=O) groups is 1. The molecule has 2 rings (SSSR count). The number of nitrogens with zero attached hydrogens (tertiary/aromatic N) is 2. The standard InChI is InChI=1S/C5H6N2.C5H9NO/c1-5-2-3-6-4-7-5;1-6-5(7)4-2-3-4/h2-4H,1H3;4H,2-3H2,1H3,(H,6,7). The molecule has 1 heterocycles. The monoisotopic (exact) mass is 193 g/mol. The lowest BCUT2D eigenvalue weighted by Crippen LogP contribution is -2.18. The van der Waals surface area contributed by atoms with Crippen LogP contribution in [0.4, 0.5) is 0 Å². The quantitative estimate of drug-likeness (QED) is 0.721. The van der Waals surface area contributed by atoms with Crippen LogP contribution in [0.5, 0.6) is 0 Å². The smallest absolute Gasteiger partial charge is 0.222 e. The van der Waals surface area contributed by atoms with Gasteiger partial charge in [0.15, 0.2) is 0 Å². The minimum atomic E-state index is 0.208. The topological polar surface area (TPSA) is 54.9 Å². The second-order valence-corrected chi connectivity index (χ2v) is 3.24. The molecule has 0 saturated heterocycles. The van der Waals surface area contributed by atoms with Gasteiger partial charge >= 0.3 is 0 Å². The molecule has 1 aliphatic rings. The Kier molecular flexibility index (Phi) is 4.04. The summed E-state index contributed by atoms with van der Waals surface area (Å²) < 4.78 is 0. The molecular formula is C10H15N3O. The third-order valence-electron chi connectivity index (χ3n) is 1.92. The van der Waals surface area contributed by atoms with Crippen molar-refractivity contribution >= 4 is 5.91 Å². The van der Waals surface area contributed by atoms with Crippen molar-refractivity contribution in [3.05, 3.63) is 24.3 Å². The first-order valence-electron chi connectivity index (χ1n) is 4.68. The van der Waals surface area contributed by atoms with E-state index in [2.05, 4.69) is 15.3 Å². The van der Waals surface area contributed by atoms with Crippen LogP contribution in [-0.2, 0) is 4.79 Å². The van der Waals surface area contributed by atoms with Crippen molar-refractivity contribution in [3.8, 4) is 0 Å². The molecule has 0 spiro atoms. The third kappa shape index (κ3) is 3.98. The first-order valence-corrected chi connectivity index (χ1v) is 4.68. The molecule has 1 N–H and O–H groups in total. The molecule has 0 unspecified atom stereocenters. The Hall–Kier alpha value is -1.45. The third-order valence-corrected chi connectivity index (χ3v) is 1.92. The van der Waals surface area contributed by atoms with E-state index in [1.54, 1.807) is 13.2 Å². The van der Waals surface area contributed by atoms with Crippen LogP contribution < -0.4 is 5.32 Å². The lowest BCUT2D eigenvalue weighted by atomic mass is 10.4. The highest BCUT2D eigenvalue weighted by atomic mass is 16.1. The zero-order valence-corrected chi connectivity index (χ0v) is 8.53. The number of aryl methyl sites for hydroxylation is 1. The first kappa shape index (κ1) is 10.6. The van der Waals surface area contributed by atoms with E-state index in [0.29, 0.717) is 5.92 Å². The van der Waals surface area contributed by atoms with Crippen molar-refractivity contribution in [2.75, 3.05) is 7.05 Å². The predicted molar refractivity (Wildman–Crippen MR) is 53.6 cm³/mol. The largest absolute Gasteiger partial charge is 0.359 e. The molecule has 0 aliphatic heterocycles. The van der Waals surface area contributed by atoms with E-state index < -0.39 is 0 Å². The lowest BCUT2D eigenvalue weighted by Gasteiger charge is -1.89. The second-order valence-electron chi connectivity index (χ2n) is 3.24. The summed E-state index contributed by atoms with van der Waals surface area (Å²) in [5.74, 6) is 0.574. The van der Waals surface area contributed by atoms with Gasteiger partial charge in [-0.05, 0) is 25.8 Å². The predicted octanol–water partition coefficient (Wildman–Crippen LogP) is 0.927. The van der Waals surface area contributed by atoms with Gasteiger partial charge in [0.05, 0.1) is 0 Å². The molecule has 76 valence electrons. The molecule has 0 radical (unpaired) electrons. The van der Waals surface area contributed by atoms with E-state index in [0.717, 1.165) is 18.5 Å². The first-order chi connectivity index (χ1) is 6.74. The molecule has 1 aromatic rings. The van der Waals surface area contributed by atoms with Crippen LogP contribution in [0.15, 0.2) is 18.6 Å². The normalized spacial score (nSPS) is 13.9. The van der Waals surface area contributed by atoms with Gasteiger partial charge in [0, 0.05) is 24.9 Å². The lowest BCUT2D eigenvalue weighted by molar-refractivity contribution is -0.121. The van der Waals surface area contributed by atoms with Crippen LogP contribution >= 0.6 is 0 Å². The fraction of sp³-hybridized carbons (Fsp3) is 0.500. The average molecular weight is 193 g/mol. The minimum Gasteiger partial charge on any atom is -0.359 e. The molecule has 1 fully saturated rings. The van der Waals surface area contributed by atoms with Crippen LogP contribution in [0.1, 0.15) is 18.5 Å². The van der Waals surface area contributed by atoms with Gasteiger partial charge in [0.1, 0.15) is 6.33 Å². The highest BCUT2D eigenvalue weighted by Gasteiger charge is 2.28.